The second-order valence-electron chi connectivity index (χ2n) is 5.41. The highest BCUT2D eigenvalue weighted by atomic mass is 32.2. The van der Waals surface area contributed by atoms with E-state index in [1.807, 2.05) is 12.3 Å². The molecule has 21 heavy (non-hydrogen) atoms. The highest BCUT2D eigenvalue weighted by Crippen LogP contribution is 2.51. The summed E-state index contributed by atoms with van der Waals surface area (Å²) >= 11 is 1.74. The third-order valence-corrected chi connectivity index (χ3v) is 5.08. The Balaban J connectivity index is 1.85. The third kappa shape index (κ3) is 4.01. The van der Waals surface area contributed by atoms with Crippen molar-refractivity contribution in [3.05, 3.63) is 23.2 Å². The molecule has 0 saturated heterocycles. The molecule has 0 atom stereocenters. The van der Waals surface area contributed by atoms with E-state index in [4.69, 9.17) is 15.0 Å². The fourth-order valence-corrected chi connectivity index (χ4v) is 3.58. The van der Waals surface area contributed by atoms with E-state index in [0.29, 0.717) is 6.42 Å². The number of nitrogens with two attached hydrogens (primary N) is 1. The molecule has 6 nitrogen and oxygen atoms in total. The maximum Gasteiger partial charge on any atom is 0.306 e. The number of methoxy groups -OCH3 is 1. The minimum absolute atomic E-state index is 0.104. The summed E-state index contributed by atoms with van der Waals surface area (Å²) in [5, 5.41) is 0. The molecular weight excluding hydrogens is 292 g/mol. The fraction of sp³-hybridized carbons (Fsp3) is 0.571. The van der Waals surface area contributed by atoms with Crippen LogP contribution in [-0.2, 0) is 15.3 Å². The van der Waals surface area contributed by atoms with Gasteiger partial charge in [0.05, 0.1) is 13.5 Å². The number of hydrogen-bond donors (Lipinski definition) is 2. The maximum absolute atomic E-state index is 11.4. The summed E-state index contributed by atoms with van der Waals surface area (Å²) in [5.74, 6) is 7.10. The van der Waals surface area contributed by atoms with Gasteiger partial charge < -0.3 is 9.15 Å². The molecule has 0 spiro atoms. The molecule has 1 fully saturated rings. The number of aryl methyl sites for hydroxylation is 1. The summed E-state index contributed by atoms with van der Waals surface area (Å²) in [4.78, 5) is 22.8. The molecule has 1 saturated carbocycles. The quantitative estimate of drug-likeness (QED) is 0.345. The van der Waals surface area contributed by atoms with Crippen molar-refractivity contribution in [1.29, 1.82) is 0 Å². The van der Waals surface area contributed by atoms with Gasteiger partial charge >= 0.3 is 11.9 Å². The van der Waals surface area contributed by atoms with Crippen LogP contribution in [0.15, 0.2) is 10.5 Å². The van der Waals surface area contributed by atoms with Crippen LogP contribution in [0.4, 0.5) is 0 Å². The Morgan fingerprint density at radius 2 is 2.24 bits per heavy atom. The number of esters is 1. The number of thioether (sulfide) groups is 1. The van der Waals surface area contributed by atoms with Gasteiger partial charge in [0.1, 0.15) is 5.76 Å². The summed E-state index contributed by atoms with van der Waals surface area (Å²) < 4.78 is 10.1. The predicted octanol–water partition coefficient (Wildman–Crippen LogP) is 1.77. The van der Waals surface area contributed by atoms with Crippen molar-refractivity contribution in [1.82, 2.24) is 5.43 Å². The normalized spacial score (nSPS) is 15.6. The molecule has 1 aromatic heterocycles. The monoisotopic (exact) mass is 312 g/mol. The van der Waals surface area contributed by atoms with Crippen molar-refractivity contribution in [2.45, 2.75) is 31.9 Å². The first-order valence-electron chi connectivity index (χ1n) is 6.74. The summed E-state index contributed by atoms with van der Waals surface area (Å²) in [6, 6.07) is 1.71. The zero-order chi connectivity index (χ0) is 15.5. The lowest BCUT2D eigenvalue weighted by molar-refractivity contribution is -0.141. The van der Waals surface area contributed by atoms with E-state index >= 15 is 0 Å². The maximum atomic E-state index is 11.4. The number of hydrazine groups is 1. The van der Waals surface area contributed by atoms with Crippen LogP contribution >= 0.6 is 11.8 Å². The van der Waals surface area contributed by atoms with Gasteiger partial charge in [0.25, 0.3) is 0 Å². The lowest BCUT2D eigenvalue weighted by Crippen LogP contribution is -2.29. The number of nitrogen functional groups attached to an aromatic ring is 1. The Bertz CT molecular complexity index is 537. The summed E-state index contributed by atoms with van der Waals surface area (Å²) in [5.41, 5.74) is 3.13. The van der Waals surface area contributed by atoms with Crippen molar-refractivity contribution < 1.29 is 18.7 Å². The van der Waals surface area contributed by atoms with Gasteiger partial charge in [-0.05, 0) is 37.0 Å². The fourth-order valence-electron chi connectivity index (χ4n) is 2.15. The number of amides is 1. The molecule has 0 bridgehead atoms. The van der Waals surface area contributed by atoms with Crippen LogP contribution in [-0.4, -0.2) is 24.7 Å². The van der Waals surface area contributed by atoms with Crippen LogP contribution in [0.5, 0.6) is 0 Å². The number of carbonyl (C=O) groups is 2. The Kier molecular flexibility index (Phi) is 4.95. The standard InChI is InChI=1S/C14H20N2O4S/c1-9-10(5-11(20-9)13(18)16-15)7-21-8-14(3-4-14)6-12(17)19-2/h5H,3-4,6-8,15H2,1-2H3,(H,16,18). The lowest BCUT2D eigenvalue weighted by Gasteiger charge is -2.12. The number of furan rings is 1. The molecule has 0 radical (unpaired) electrons. The largest absolute Gasteiger partial charge is 0.469 e. The molecular formula is C14H20N2O4S. The van der Waals surface area contributed by atoms with Gasteiger partial charge in [-0.25, -0.2) is 5.84 Å². The number of rotatable bonds is 7. The average molecular weight is 312 g/mol. The van der Waals surface area contributed by atoms with Crippen LogP contribution in [0, 0.1) is 12.3 Å². The molecule has 1 aliphatic carbocycles. The van der Waals surface area contributed by atoms with Crippen LogP contribution in [0.3, 0.4) is 0 Å². The minimum atomic E-state index is -0.432. The van der Waals surface area contributed by atoms with Gasteiger partial charge in [-0.2, -0.15) is 11.8 Å². The molecule has 2 rings (SSSR count). The van der Waals surface area contributed by atoms with E-state index in [1.165, 1.54) is 7.11 Å². The molecule has 116 valence electrons. The molecule has 0 aromatic carbocycles. The molecule has 1 amide bonds. The first-order chi connectivity index (χ1) is 9.99. The molecule has 7 heteroatoms. The number of nitrogens with one attached hydrogen (secondary N) is 1. The van der Waals surface area contributed by atoms with Crippen LogP contribution in [0.25, 0.3) is 0 Å². The minimum Gasteiger partial charge on any atom is -0.469 e. The van der Waals surface area contributed by atoms with E-state index in [9.17, 15) is 9.59 Å². The molecule has 1 heterocycles. The Morgan fingerprint density at radius 1 is 1.52 bits per heavy atom. The topological polar surface area (TPSA) is 94.6 Å². The van der Waals surface area contributed by atoms with E-state index in [0.717, 1.165) is 35.7 Å². The van der Waals surface area contributed by atoms with E-state index in [2.05, 4.69) is 0 Å². The van der Waals surface area contributed by atoms with Gasteiger partial charge in [0.2, 0.25) is 0 Å². The van der Waals surface area contributed by atoms with Crippen molar-refractivity contribution in [3.8, 4) is 0 Å². The second-order valence-corrected chi connectivity index (χ2v) is 6.40. The number of ether oxygens (including phenoxy) is 1. The predicted molar refractivity (Wildman–Crippen MR) is 79.6 cm³/mol. The lowest BCUT2D eigenvalue weighted by atomic mass is 10.1. The smallest absolute Gasteiger partial charge is 0.306 e. The second kappa shape index (κ2) is 6.53. The number of carbonyl (C=O) groups excluding carboxylic acids is 2. The summed E-state index contributed by atoms with van der Waals surface area (Å²) in [7, 11) is 1.42. The van der Waals surface area contributed by atoms with E-state index in [1.54, 1.807) is 17.8 Å². The number of hydrogen-bond acceptors (Lipinski definition) is 6. The van der Waals surface area contributed by atoms with Crippen molar-refractivity contribution in [2.24, 2.45) is 11.3 Å². The highest BCUT2D eigenvalue weighted by Gasteiger charge is 2.44. The van der Waals surface area contributed by atoms with Crippen molar-refractivity contribution in [3.63, 3.8) is 0 Å². The first kappa shape index (κ1) is 15.9. The van der Waals surface area contributed by atoms with Gasteiger partial charge in [-0.3, -0.25) is 15.0 Å². The van der Waals surface area contributed by atoms with E-state index in [-0.39, 0.29) is 17.1 Å². The first-order valence-corrected chi connectivity index (χ1v) is 7.90. The SMILES string of the molecule is COC(=O)CC1(CSCc2cc(C(=O)NN)oc2C)CC1. The average Bonchev–Trinajstić information content (AvgIpc) is 3.13. The Labute approximate surface area is 127 Å². The van der Waals surface area contributed by atoms with Crippen LogP contribution in [0.2, 0.25) is 0 Å². The molecule has 0 unspecified atom stereocenters. The molecule has 0 aliphatic heterocycles. The van der Waals surface area contributed by atoms with Gasteiger partial charge in [-0.15, -0.1) is 0 Å². The van der Waals surface area contributed by atoms with Crippen LogP contribution < -0.4 is 11.3 Å². The molecule has 1 aliphatic rings. The molecule has 3 N–H and O–H groups in total. The zero-order valence-electron chi connectivity index (χ0n) is 12.2. The summed E-state index contributed by atoms with van der Waals surface area (Å²) in [6.07, 6.45) is 2.63. The Hall–Kier alpha value is -1.47. The van der Waals surface area contributed by atoms with Gasteiger partial charge in [0, 0.05) is 11.3 Å². The van der Waals surface area contributed by atoms with Gasteiger partial charge in [0.15, 0.2) is 5.76 Å². The summed E-state index contributed by atoms with van der Waals surface area (Å²) in [6.45, 7) is 1.82. The molecule has 1 aromatic rings. The van der Waals surface area contributed by atoms with Crippen molar-refractivity contribution >= 4 is 23.6 Å². The Morgan fingerprint density at radius 3 is 2.81 bits per heavy atom. The highest BCUT2D eigenvalue weighted by molar-refractivity contribution is 7.98. The third-order valence-electron chi connectivity index (χ3n) is 3.75. The van der Waals surface area contributed by atoms with Crippen molar-refractivity contribution in [2.75, 3.05) is 12.9 Å². The van der Waals surface area contributed by atoms with Crippen LogP contribution in [0.1, 0.15) is 41.1 Å². The van der Waals surface area contributed by atoms with E-state index < -0.39 is 5.91 Å². The zero-order valence-corrected chi connectivity index (χ0v) is 13.0. The van der Waals surface area contributed by atoms with Gasteiger partial charge in [-0.1, -0.05) is 0 Å².